The molecule has 1 aliphatic rings. The Kier molecular flexibility index (Phi) is 7.14. The van der Waals surface area contributed by atoms with Gasteiger partial charge in [0.1, 0.15) is 28.6 Å². The Morgan fingerprint density at radius 3 is 2.36 bits per heavy atom. The van der Waals surface area contributed by atoms with Crippen LogP contribution in [0.3, 0.4) is 0 Å². The zero-order chi connectivity index (χ0) is 30.7. The molecule has 1 aliphatic heterocycles. The third kappa shape index (κ3) is 4.81. The van der Waals surface area contributed by atoms with Gasteiger partial charge in [0.05, 0.1) is 42.2 Å². The van der Waals surface area contributed by atoms with Crippen LogP contribution in [0.25, 0.3) is 0 Å². The molecule has 0 radical (unpaired) electrons. The SMILES string of the molecule is COc1ccc(C(=O)O)c(N2Cc3c(Cl)ccc(Nc4c(NC(c5cc(C)c(C)o5)C(C)(C)C)c(=O)c4=O)c3C2=O)c1. The molecule has 0 aliphatic carbocycles. The Balaban J connectivity index is 1.52. The number of nitrogens with one attached hydrogen (secondary N) is 2. The van der Waals surface area contributed by atoms with E-state index in [1.165, 1.54) is 30.2 Å². The largest absolute Gasteiger partial charge is 0.497 e. The number of benzene rings is 2. The first-order chi connectivity index (χ1) is 19.7. The normalized spacial score (nSPS) is 13.8. The maximum atomic E-state index is 13.8. The number of methoxy groups -OCH3 is 1. The van der Waals surface area contributed by atoms with E-state index in [1.54, 1.807) is 12.1 Å². The molecule has 2 heterocycles. The number of hydrogen-bond acceptors (Lipinski definition) is 8. The molecule has 0 saturated carbocycles. The fourth-order valence-corrected chi connectivity index (χ4v) is 5.33. The zero-order valence-corrected chi connectivity index (χ0v) is 24.7. The van der Waals surface area contributed by atoms with Gasteiger partial charge >= 0.3 is 5.97 Å². The number of halogens is 1. The van der Waals surface area contributed by atoms with Crippen LogP contribution >= 0.6 is 11.6 Å². The van der Waals surface area contributed by atoms with Crippen molar-refractivity contribution in [3.05, 3.63) is 95.6 Å². The minimum atomic E-state index is -1.21. The van der Waals surface area contributed by atoms with Crippen molar-refractivity contribution >= 4 is 46.2 Å². The lowest BCUT2D eigenvalue weighted by molar-refractivity contribution is 0.0697. The quantitative estimate of drug-likeness (QED) is 0.212. The Bertz CT molecular complexity index is 1810. The lowest BCUT2D eigenvalue weighted by Crippen LogP contribution is -2.39. The number of nitrogens with zero attached hydrogens (tertiary/aromatic N) is 1. The number of carbonyl (C=O) groups excluding carboxylic acids is 1. The number of rotatable bonds is 8. The number of aryl methyl sites for hydroxylation is 2. The van der Waals surface area contributed by atoms with Crippen LogP contribution in [-0.4, -0.2) is 24.1 Å². The monoisotopic (exact) mass is 591 g/mol. The number of ether oxygens (including phenoxy) is 1. The van der Waals surface area contributed by atoms with Crippen molar-refractivity contribution in [3.63, 3.8) is 0 Å². The number of furan rings is 1. The summed E-state index contributed by atoms with van der Waals surface area (Å²) in [6.07, 6.45) is 0. The topological polar surface area (TPSA) is 138 Å². The number of anilines is 4. The van der Waals surface area contributed by atoms with Crippen LogP contribution in [-0.2, 0) is 6.54 Å². The van der Waals surface area contributed by atoms with Crippen LogP contribution in [0.1, 0.15) is 70.2 Å². The summed E-state index contributed by atoms with van der Waals surface area (Å²) >= 11 is 6.48. The molecule has 0 spiro atoms. The van der Waals surface area contributed by atoms with Crippen LogP contribution in [0.15, 0.2) is 50.4 Å². The van der Waals surface area contributed by atoms with E-state index in [-0.39, 0.29) is 40.4 Å². The van der Waals surface area contributed by atoms with Gasteiger partial charge < -0.3 is 29.8 Å². The number of amides is 1. The molecule has 4 aromatic rings. The van der Waals surface area contributed by atoms with Crippen LogP contribution < -0.4 is 31.1 Å². The molecule has 3 aromatic carbocycles. The summed E-state index contributed by atoms with van der Waals surface area (Å²) in [5.74, 6) is 0.0233. The van der Waals surface area contributed by atoms with Crippen molar-refractivity contribution in [2.75, 3.05) is 22.6 Å². The van der Waals surface area contributed by atoms with E-state index in [0.29, 0.717) is 22.1 Å². The summed E-state index contributed by atoms with van der Waals surface area (Å²) in [5.41, 5.74) is 0.169. The molecule has 1 atom stereocenters. The predicted molar refractivity (Wildman–Crippen MR) is 161 cm³/mol. The third-order valence-electron chi connectivity index (χ3n) is 7.55. The van der Waals surface area contributed by atoms with Crippen molar-refractivity contribution < 1.29 is 23.8 Å². The van der Waals surface area contributed by atoms with Crippen molar-refractivity contribution in [1.82, 2.24) is 0 Å². The number of carbonyl (C=O) groups is 2. The van der Waals surface area contributed by atoms with Crippen LogP contribution in [0.4, 0.5) is 22.7 Å². The third-order valence-corrected chi connectivity index (χ3v) is 7.91. The molecule has 1 amide bonds. The fraction of sp³-hybridized carbons (Fsp3) is 0.290. The summed E-state index contributed by atoms with van der Waals surface area (Å²) in [6, 6.07) is 8.92. The minimum absolute atomic E-state index is 0.00368. The molecule has 0 bridgehead atoms. The summed E-state index contributed by atoms with van der Waals surface area (Å²) < 4.78 is 11.2. The minimum Gasteiger partial charge on any atom is -0.497 e. The first-order valence-corrected chi connectivity index (χ1v) is 13.6. The number of carboxylic acid groups (broad SMARTS) is 1. The second-order valence-corrected chi connectivity index (χ2v) is 11.8. The van der Waals surface area contributed by atoms with Crippen molar-refractivity contribution in [3.8, 4) is 5.75 Å². The van der Waals surface area contributed by atoms with Gasteiger partial charge in [0.15, 0.2) is 0 Å². The van der Waals surface area contributed by atoms with Crippen LogP contribution in [0.2, 0.25) is 5.02 Å². The Hall–Kier alpha value is -4.57. The number of hydrogen-bond donors (Lipinski definition) is 3. The highest BCUT2D eigenvalue weighted by Crippen LogP contribution is 2.42. The summed E-state index contributed by atoms with van der Waals surface area (Å²) in [5, 5.41) is 16.3. The van der Waals surface area contributed by atoms with Gasteiger partial charge in [-0.05, 0) is 55.2 Å². The van der Waals surface area contributed by atoms with Gasteiger partial charge in [-0.15, -0.1) is 0 Å². The van der Waals surface area contributed by atoms with Crippen molar-refractivity contribution in [2.45, 2.75) is 47.2 Å². The van der Waals surface area contributed by atoms with E-state index in [9.17, 15) is 24.3 Å². The van der Waals surface area contributed by atoms with Crippen molar-refractivity contribution in [1.29, 1.82) is 0 Å². The lowest BCUT2D eigenvalue weighted by Gasteiger charge is -2.31. The second-order valence-electron chi connectivity index (χ2n) is 11.4. The molecule has 42 heavy (non-hydrogen) atoms. The molecule has 5 rings (SSSR count). The Morgan fingerprint density at radius 1 is 1.07 bits per heavy atom. The molecule has 0 fully saturated rings. The number of fused-ring (bicyclic) bond motifs is 1. The predicted octanol–water partition coefficient (Wildman–Crippen LogP) is 5.96. The van der Waals surface area contributed by atoms with Gasteiger partial charge in [-0.25, -0.2) is 4.79 Å². The first-order valence-electron chi connectivity index (χ1n) is 13.2. The van der Waals surface area contributed by atoms with Gasteiger partial charge in [0, 0.05) is 16.7 Å². The average molecular weight is 592 g/mol. The van der Waals surface area contributed by atoms with Gasteiger partial charge in [-0.1, -0.05) is 32.4 Å². The molecule has 218 valence electrons. The standard InChI is InChI=1S/C31H30ClN3O7/c1-14-11-22(42-15(14)2)28(31(3,4)5)34-25-24(26(36)27(25)37)33-20-10-9-19(32)18-13-35(29(38)23(18)20)21-12-16(41-6)7-8-17(21)30(39)40/h7-12,28,33-34H,13H2,1-6H3,(H,39,40). The summed E-state index contributed by atoms with van der Waals surface area (Å²) in [7, 11) is 1.44. The molecular formula is C31H30ClN3O7. The number of carboxylic acids is 1. The molecule has 10 nitrogen and oxygen atoms in total. The van der Waals surface area contributed by atoms with E-state index in [1.807, 2.05) is 40.7 Å². The zero-order valence-electron chi connectivity index (χ0n) is 24.0. The average Bonchev–Trinajstić information content (AvgIpc) is 3.46. The second kappa shape index (κ2) is 10.4. The lowest BCUT2D eigenvalue weighted by atomic mass is 9.84. The molecule has 3 N–H and O–H groups in total. The number of aromatic carboxylic acids is 1. The molecule has 1 unspecified atom stereocenters. The molecule has 1 aromatic heterocycles. The Morgan fingerprint density at radius 2 is 1.76 bits per heavy atom. The van der Waals surface area contributed by atoms with Gasteiger partial charge in [0.2, 0.25) is 0 Å². The summed E-state index contributed by atoms with van der Waals surface area (Å²) in [6.45, 7) is 9.74. The van der Waals surface area contributed by atoms with Gasteiger partial charge in [-0.3, -0.25) is 14.4 Å². The van der Waals surface area contributed by atoms with E-state index in [4.69, 9.17) is 20.8 Å². The van der Waals surface area contributed by atoms with Gasteiger partial charge in [-0.2, -0.15) is 0 Å². The molecule has 0 saturated heterocycles. The molecule has 11 heteroatoms. The smallest absolute Gasteiger partial charge is 0.337 e. The highest BCUT2D eigenvalue weighted by molar-refractivity contribution is 6.33. The van der Waals surface area contributed by atoms with E-state index in [0.717, 1.165) is 11.3 Å². The Labute approximate surface area is 246 Å². The van der Waals surface area contributed by atoms with Crippen LogP contribution in [0, 0.1) is 19.3 Å². The highest BCUT2D eigenvalue weighted by atomic mass is 35.5. The molecular weight excluding hydrogens is 562 g/mol. The first kappa shape index (κ1) is 28.9. The summed E-state index contributed by atoms with van der Waals surface area (Å²) in [4.78, 5) is 52.6. The maximum absolute atomic E-state index is 13.8. The van der Waals surface area contributed by atoms with E-state index < -0.39 is 34.2 Å². The fourth-order valence-electron chi connectivity index (χ4n) is 5.11. The van der Waals surface area contributed by atoms with E-state index in [2.05, 4.69) is 10.6 Å². The van der Waals surface area contributed by atoms with Crippen molar-refractivity contribution in [2.24, 2.45) is 5.41 Å². The highest BCUT2D eigenvalue weighted by Gasteiger charge is 2.37. The maximum Gasteiger partial charge on any atom is 0.337 e. The van der Waals surface area contributed by atoms with Crippen LogP contribution in [0.5, 0.6) is 5.75 Å². The van der Waals surface area contributed by atoms with E-state index >= 15 is 0 Å². The van der Waals surface area contributed by atoms with Gasteiger partial charge in [0.25, 0.3) is 16.8 Å².